The molecule has 23 heavy (non-hydrogen) atoms. The molecule has 0 aromatic carbocycles. The Morgan fingerprint density at radius 1 is 1.39 bits per heavy atom. The van der Waals surface area contributed by atoms with Crippen molar-refractivity contribution in [1.82, 2.24) is 24.0 Å². The predicted octanol–water partition coefficient (Wildman–Crippen LogP) is 0.272. The molecule has 1 aliphatic rings. The molecule has 2 aromatic heterocycles. The first-order valence-electron chi connectivity index (χ1n) is 7.47. The van der Waals surface area contributed by atoms with Crippen LogP contribution in [0.4, 0.5) is 0 Å². The van der Waals surface area contributed by atoms with Gasteiger partial charge in [-0.1, -0.05) is 0 Å². The summed E-state index contributed by atoms with van der Waals surface area (Å²) in [7, 11) is -3.41. The van der Waals surface area contributed by atoms with Crippen molar-refractivity contribution >= 4 is 21.7 Å². The van der Waals surface area contributed by atoms with E-state index in [2.05, 4.69) is 14.7 Å². The molecule has 2 aromatic rings. The Morgan fingerprint density at radius 2 is 2.17 bits per heavy atom. The van der Waals surface area contributed by atoms with Crippen molar-refractivity contribution in [3.8, 4) is 0 Å². The van der Waals surface area contributed by atoms with Gasteiger partial charge in [-0.25, -0.2) is 23.1 Å². The maximum atomic E-state index is 12.5. The summed E-state index contributed by atoms with van der Waals surface area (Å²) in [5.41, 5.74) is 0.276. The van der Waals surface area contributed by atoms with Crippen molar-refractivity contribution in [2.45, 2.75) is 31.6 Å². The number of rotatable bonds is 4. The summed E-state index contributed by atoms with van der Waals surface area (Å²) in [6.45, 7) is 4.14. The van der Waals surface area contributed by atoms with E-state index in [0.717, 1.165) is 0 Å². The molecule has 1 saturated heterocycles. The molecule has 1 unspecified atom stereocenters. The topological polar surface area (TPSA) is 96.7 Å². The third kappa shape index (κ3) is 3.20. The number of carbonyl (C=O) groups excluding carboxylic acids is 1. The van der Waals surface area contributed by atoms with Gasteiger partial charge in [0.05, 0.1) is 5.25 Å². The standard InChI is InChI=1S/C14H19N5O3S/c1-10(2)17-23(21,22)11-3-6-19(9-11)13(20)12-4-7-18-8-5-15-14(18)16-12/h4-5,7-8,10-11,17H,3,6,9H2,1-2H3. The second-order valence-corrected chi connectivity index (χ2v) is 7.92. The molecule has 1 fully saturated rings. The number of amides is 1. The fourth-order valence-electron chi connectivity index (χ4n) is 2.68. The molecule has 9 heteroatoms. The van der Waals surface area contributed by atoms with Crippen LogP contribution in [0.1, 0.15) is 30.8 Å². The Hall–Kier alpha value is -2.00. The van der Waals surface area contributed by atoms with Gasteiger partial charge in [0.2, 0.25) is 15.8 Å². The molecular weight excluding hydrogens is 318 g/mol. The van der Waals surface area contributed by atoms with Crippen molar-refractivity contribution in [3.63, 3.8) is 0 Å². The Balaban J connectivity index is 1.74. The lowest BCUT2D eigenvalue weighted by atomic mass is 10.3. The SMILES string of the molecule is CC(C)NS(=O)(=O)C1CCN(C(=O)c2ccn3ccnc3n2)C1. The summed E-state index contributed by atoms with van der Waals surface area (Å²) in [4.78, 5) is 22.3. The summed E-state index contributed by atoms with van der Waals surface area (Å²) in [6, 6.07) is 1.46. The number of hydrogen-bond donors (Lipinski definition) is 1. The molecule has 3 heterocycles. The number of fused-ring (bicyclic) bond motifs is 1. The summed E-state index contributed by atoms with van der Waals surface area (Å²) in [5, 5.41) is -0.580. The van der Waals surface area contributed by atoms with Crippen molar-refractivity contribution in [2.75, 3.05) is 13.1 Å². The summed E-state index contributed by atoms with van der Waals surface area (Å²) in [6.07, 6.45) is 5.49. The van der Waals surface area contributed by atoms with Gasteiger partial charge < -0.3 is 4.90 Å². The van der Waals surface area contributed by atoms with Gasteiger partial charge in [-0.15, -0.1) is 0 Å². The smallest absolute Gasteiger partial charge is 0.272 e. The van der Waals surface area contributed by atoms with E-state index in [1.54, 1.807) is 42.9 Å². The molecular formula is C14H19N5O3S. The van der Waals surface area contributed by atoms with Crippen LogP contribution < -0.4 is 4.72 Å². The number of sulfonamides is 1. The average Bonchev–Trinajstić information content (AvgIpc) is 3.13. The molecule has 0 radical (unpaired) electrons. The summed E-state index contributed by atoms with van der Waals surface area (Å²) < 4.78 is 28.7. The third-order valence-electron chi connectivity index (χ3n) is 3.75. The molecule has 1 atom stereocenters. The van der Waals surface area contributed by atoms with Gasteiger partial charge in [-0.2, -0.15) is 0 Å². The van der Waals surface area contributed by atoms with Crippen molar-refractivity contribution in [1.29, 1.82) is 0 Å². The van der Waals surface area contributed by atoms with E-state index < -0.39 is 15.3 Å². The molecule has 0 spiro atoms. The zero-order valence-corrected chi connectivity index (χ0v) is 13.8. The van der Waals surface area contributed by atoms with E-state index in [9.17, 15) is 13.2 Å². The zero-order chi connectivity index (χ0) is 16.6. The minimum Gasteiger partial charge on any atom is -0.336 e. The number of aromatic nitrogens is 3. The van der Waals surface area contributed by atoms with Crippen LogP contribution >= 0.6 is 0 Å². The lowest BCUT2D eigenvalue weighted by Crippen LogP contribution is -2.40. The minimum absolute atomic E-state index is 0.158. The summed E-state index contributed by atoms with van der Waals surface area (Å²) >= 11 is 0. The Bertz CT molecular complexity index is 830. The molecule has 1 aliphatic heterocycles. The first kappa shape index (κ1) is 15.9. The molecule has 1 amide bonds. The number of imidazole rings is 1. The van der Waals surface area contributed by atoms with E-state index >= 15 is 0 Å². The van der Waals surface area contributed by atoms with Gasteiger partial charge in [0.15, 0.2) is 0 Å². The first-order valence-corrected chi connectivity index (χ1v) is 9.01. The fraction of sp³-hybridized carbons (Fsp3) is 0.500. The Morgan fingerprint density at radius 3 is 2.91 bits per heavy atom. The number of nitrogens with zero attached hydrogens (tertiary/aromatic N) is 4. The Labute approximate surface area is 134 Å². The van der Waals surface area contributed by atoms with Crippen LogP contribution in [-0.4, -0.2) is 58.0 Å². The van der Waals surface area contributed by atoms with E-state index in [0.29, 0.717) is 18.7 Å². The molecule has 124 valence electrons. The fourth-order valence-corrected chi connectivity index (χ4v) is 4.32. The van der Waals surface area contributed by atoms with Crippen LogP contribution in [0.3, 0.4) is 0 Å². The highest BCUT2D eigenvalue weighted by Crippen LogP contribution is 2.18. The zero-order valence-electron chi connectivity index (χ0n) is 13.0. The Kier molecular flexibility index (Phi) is 4.07. The van der Waals surface area contributed by atoms with E-state index in [1.165, 1.54) is 4.90 Å². The monoisotopic (exact) mass is 337 g/mol. The van der Waals surface area contributed by atoms with E-state index in [1.807, 2.05) is 0 Å². The molecule has 8 nitrogen and oxygen atoms in total. The second kappa shape index (κ2) is 5.89. The van der Waals surface area contributed by atoms with Crippen LogP contribution in [-0.2, 0) is 10.0 Å². The van der Waals surface area contributed by atoms with E-state index in [4.69, 9.17) is 0 Å². The third-order valence-corrected chi connectivity index (χ3v) is 5.81. The number of hydrogen-bond acceptors (Lipinski definition) is 5. The highest BCUT2D eigenvalue weighted by molar-refractivity contribution is 7.90. The van der Waals surface area contributed by atoms with Gasteiger partial charge in [0.1, 0.15) is 5.69 Å². The molecule has 0 aliphatic carbocycles. The quantitative estimate of drug-likeness (QED) is 0.864. The maximum Gasteiger partial charge on any atom is 0.272 e. The average molecular weight is 337 g/mol. The summed E-state index contributed by atoms with van der Waals surface area (Å²) in [5.74, 6) is 0.179. The normalized spacial score (nSPS) is 18.9. The van der Waals surface area contributed by atoms with Gasteiger partial charge in [0, 0.05) is 37.7 Å². The van der Waals surface area contributed by atoms with Gasteiger partial charge in [0.25, 0.3) is 5.91 Å². The first-order chi connectivity index (χ1) is 10.9. The van der Waals surface area contributed by atoms with Crippen LogP contribution in [0.15, 0.2) is 24.7 Å². The van der Waals surface area contributed by atoms with Crippen molar-refractivity contribution in [2.24, 2.45) is 0 Å². The molecule has 0 saturated carbocycles. The lowest BCUT2D eigenvalue weighted by molar-refractivity contribution is 0.0787. The number of carbonyl (C=O) groups is 1. The van der Waals surface area contributed by atoms with E-state index in [-0.39, 0.29) is 24.2 Å². The highest BCUT2D eigenvalue weighted by Gasteiger charge is 2.36. The molecule has 0 bridgehead atoms. The number of likely N-dealkylation sites (tertiary alicyclic amines) is 1. The van der Waals surface area contributed by atoms with Gasteiger partial charge >= 0.3 is 0 Å². The number of nitrogens with one attached hydrogen (secondary N) is 1. The van der Waals surface area contributed by atoms with Crippen LogP contribution in [0.25, 0.3) is 5.78 Å². The van der Waals surface area contributed by atoms with Gasteiger partial charge in [-0.05, 0) is 26.3 Å². The van der Waals surface area contributed by atoms with Gasteiger partial charge in [-0.3, -0.25) is 9.20 Å². The van der Waals surface area contributed by atoms with Crippen LogP contribution in [0.5, 0.6) is 0 Å². The highest BCUT2D eigenvalue weighted by atomic mass is 32.2. The maximum absolute atomic E-state index is 12.5. The largest absolute Gasteiger partial charge is 0.336 e. The lowest BCUT2D eigenvalue weighted by Gasteiger charge is -2.17. The second-order valence-electron chi connectivity index (χ2n) is 5.93. The molecule has 1 N–H and O–H groups in total. The van der Waals surface area contributed by atoms with Crippen LogP contribution in [0.2, 0.25) is 0 Å². The van der Waals surface area contributed by atoms with Crippen LogP contribution in [0, 0.1) is 0 Å². The molecule has 3 rings (SSSR count). The van der Waals surface area contributed by atoms with Crippen molar-refractivity contribution < 1.29 is 13.2 Å². The predicted molar refractivity (Wildman–Crippen MR) is 84.5 cm³/mol. The van der Waals surface area contributed by atoms with Crippen molar-refractivity contribution in [3.05, 3.63) is 30.4 Å². The minimum atomic E-state index is -3.41.